The summed E-state index contributed by atoms with van der Waals surface area (Å²) in [5, 5.41) is 0.266. The van der Waals surface area contributed by atoms with Crippen molar-refractivity contribution in [2.24, 2.45) is 0 Å². The van der Waals surface area contributed by atoms with Crippen LogP contribution in [0.2, 0.25) is 0 Å². The summed E-state index contributed by atoms with van der Waals surface area (Å²) in [6.07, 6.45) is 0.550. The fraction of sp³-hybridized carbons (Fsp3) is 0.393. The molecule has 1 aliphatic rings. The predicted octanol–water partition coefficient (Wildman–Crippen LogP) is 5.48. The second-order valence-corrected chi connectivity index (χ2v) is 10.3. The smallest absolute Gasteiger partial charge is 0.413 e. The highest BCUT2D eigenvalue weighted by Gasteiger charge is 2.46. The second-order valence-electron chi connectivity index (χ2n) is 10.3. The summed E-state index contributed by atoms with van der Waals surface area (Å²) in [7, 11) is 0. The first-order valence-electron chi connectivity index (χ1n) is 12.0. The zero-order chi connectivity index (χ0) is 26.8. The Labute approximate surface area is 215 Å². The number of hydrogen-bond acceptors (Lipinski definition) is 7. The minimum absolute atomic E-state index is 0.00981. The van der Waals surface area contributed by atoms with E-state index in [0.717, 1.165) is 11.8 Å². The molecular formula is C28H31FN2O6. The molecule has 0 saturated carbocycles. The second kappa shape index (κ2) is 10.3. The van der Waals surface area contributed by atoms with Crippen molar-refractivity contribution in [3.8, 4) is 5.75 Å². The van der Waals surface area contributed by atoms with Crippen molar-refractivity contribution in [2.75, 3.05) is 13.2 Å². The Morgan fingerprint density at radius 1 is 1.16 bits per heavy atom. The molecule has 0 N–H and O–H groups in total. The molecule has 1 fully saturated rings. The number of fused-ring (bicyclic) bond motifs is 1. The zero-order valence-corrected chi connectivity index (χ0v) is 21.6. The van der Waals surface area contributed by atoms with Crippen LogP contribution in [-0.4, -0.2) is 52.5 Å². The number of esters is 1. The van der Waals surface area contributed by atoms with E-state index >= 15 is 0 Å². The maximum atomic E-state index is 14.1. The molecule has 3 aromatic rings. The number of benzene rings is 2. The molecule has 1 aromatic heterocycles. The van der Waals surface area contributed by atoms with Crippen LogP contribution in [0.3, 0.4) is 0 Å². The zero-order valence-electron chi connectivity index (χ0n) is 21.6. The van der Waals surface area contributed by atoms with Gasteiger partial charge >= 0.3 is 12.1 Å². The van der Waals surface area contributed by atoms with E-state index in [1.165, 1.54) is 11.0 Å². The fourth-order valence-electron chi connectivity index (χ4n) is 4.15. The molecule has 0 spiro atoms. The van der Waals surface area contributed by atoms with E-state index in [2.05, 4.69) is 4.98 Å². The van der Waals surface area contributed by atoms with Gasteiger partial charge in [-0.1, -0.05) is 30.3 Å². The molecule has 1 saturated heterocycles. The van der Waals surface area contributed by atoms with Gasteiger partial charge in [-0.05, 0) is 58.4 Å². The Hall–Kier alpha value is -3.72. The SMILES string of the molecule is CC(C)(C)OC(=O)N1[C@@H](COc2ccc3ncc(F)cc3c2C(=O)OCc2ccccc2)COC1(C)C. The first kappa shape index (κ1) is 26.3. The molecule has 8 nitrogen and oxygen atoms in total. The van der Waals surface area contributed by atoms with Crippen molar-refractivity contribution >= 4 is 23.0 Å². The van der Waals surface area contributed by atoms with Gasteiger partial charge in [0, 0.05) is 5.39 Å². The number of carbonyl (C=O) groups excluding carboxylic acids is 2. The number of amides is 1. The van der Waals surface area contributed by atoms with Gasteiger partial charge in [0.25, 0.3) is 0 Å². The Morgan fingerprint density at radius 2 is 1.89 bits per heavy atom. The summed E-state index contributed by atoms with van der Waals surface area (Å²) < 4.78 is 37.1. The van der Waals surface area contributed by atoms with Crippen molar-refractivity contribution < 1.29 is 32.9 Å². The molecule has 4 rings (SSSR count). The first-order chi connectivity index (χ1) is 17.4. The maximum Gasteiger partial charge on any atom is 0.413 e. The van der Waals surface area contributed by atoms with Gasteiger partial charge in [-0.25, -0.2) is 14.0 Å². The van der Waals surface area contributed by atoms with Crippen molar-refractivity contribution in [1.29, 1.82) is 0 Å². The summed E-state index contributed by atoms with van der Waals surface area (Å²) in [5.41, 5.74) is -0.319. The lowest BCUT2D eigenvalue weighted by molar-refractivity contribution is -0.0637. The average Bonchev–Trinajstić information content (AvgIpc) is 3.14. The minimum Gasteiger partial charge on any atom is -0.490 e. The van der Waals surface area contributed by atoms with E-state index in [1.807, 2.05) is 30.3 Å². The van der Waals surface area contributed by atoms with Crippen LogP contribution in [0.25, 0.3) is 10.9 Å². The molecule has 0 bridgehead atoms. The van der Waals surface area contributed by atoms with Crippen LogP contribution in [0.1, 0.15) is 50.5 Å². The quantitative estimate of drug-likeness (QED) is 0.406. The van der Waals surface area contributed by atoms with E-state index in [1.54, 1.807) is 46.8 Å². The summed E-state index contributed by atoms with van der Waals surface area (Å²) in [6, 6.07) is 13.2. The standard InChI is InChI=1S/C28H31FN2O6/c1-27(2,3)37-26(33)31-20(17-36-28(31,4)5)16-34-23-12-11-22-21(13-19(29)14-30-22)24(23)25(32)35-15-18-9-7-6-8-10-18/h6-14,20H,15-17H2,1-5H3/t20-/m0/s1. The number of aromatic nitrogens is 1. The molecule has 2 heterocycles. The topological polar surface area (TPSA) is 87.2 Å². The number of hydrogen-bond donors (Lipinski definition) is 0. The molecule has 1 aliphatic heterocycles. The van der Waals surface area contributed by atoms with Crippen LogP contribution < -0.4 is 4.74 Å². The lowest BCUT2D eigenvalue weighted by Gasteiger charge is -2.35. The van der Waals surface area contributed by atoms with Crippen LogP contribution in [0.4, 0.5) is 9.18 Å². The fourth-order valence-corrected chi connectivity index (χ4v) is 4.15. The van der Waals surface area contributed by atoms with E-state index in [9.17, 15) is 14.0 Å². The Kier molecular flexibility index (Phi) is 7.36. The van der Waals surface area contributed by atoms with Gasteiger partial charge in [0.1, 0.15) is 41.7 Å². The summed E-state index contributed by atoms with van der Waals surface area (Å²) >= 11 is 0. The lowest BCUT2D eigenvalue weighted by Crippen LogP contribution is -2.51. The van der Waals surface area contributed by atoms with E-state index < -0.39 is 35.2 Å². The number of ether oxygens (including phenoxy) is 4. The highest BCUT2D eigenvalue weighted by atomic mass is 19.1. The van der Waals surface area contributed by atoms with Crippen molar-refractivity contribution in [1.82, 2.24) is 9.88 Å². The minimum atomic E-state index is -0.912. The number of halogens is 1. The van der Waals surface area contributed by atoms with Gasteiger partial charge in [0.05, 0.1) is 24.4 Å². The molecule has 37 heavy (non-hydrogen) atoms. The molecular weight excluding hydrogens is 479 g/mol. The van der Waals surface area contributed by atoms with Crippen LogP contribution in [0.15, 0.2) is 54.7 Å². The largest absolute Gasteiger partial charge is 0.490 e. The van der Waals surface area contributed by atoms with Gasteiger partial charge in [-0.2, -0.15) is 0 Å². The molecule has 1 amide bonds. The van der Waals surface area contributed by atoms with Crippen LogP contribution in [0.5, 0.6) is 5.75 Å². The Morgan fingerprint density at radius 3 is 2.59 bits per heavy atom. The number of nitrogens with zero attached hydrogens (tertiary/aromatic N) is 2. The van der Waals surface area contributed by atoms with Crippen molar-refractivity contribution in [3.05, 3.63) is 71.7 Å². The van der Waals surface area contributed by atoms with Crippen molar-refractivity contribution in [3.63, 3.8) is 0 Å². The van der Waals surface area contributed by atoms with Crippen LogP contribution >= 0.6 is 0 Å². The molecule has 1 atom stereocenters. The monoisotopic (exact) mass is 510 g/mol. The third-order valence-corrected chi connectivity index (χ3v) is 5.81. The highest BCUT2D eigenvalue weighted by Crippen LogP contribution is 2.32. The summed E-state index contributed by atoms with van der Waals surface area (Å²) in [5.74, 6) is -1.08. The normalized spacial score (nSPS) is 17.0. The maximum absolute atomic E-state index is 14.1. The van der Waals surface area contributed by atoms with Gasteiger partial charge in [-0.3, -0.25) is 9.88 Å². The summed E-state index contributed by atoms with van der Waals surface area (Å²) in [4.78, 5) is 31.8. The highest BCUT2D eigenvalue weighted by molar-refractivity contribution is 6.06. The Bertz CT molecular complexity index is 1290. The third-order valence-electron chi connectivity index (χ3n) is 5.81. The van der Waals surface area contributed by atoms with Gasteiger partial charge < -0.3 is 18.9 Å². The summed E-state index contributed by atoms with van der Waals surface area (Å²) in [6.45, 7) is 9.16. The van der Waals surface area contributed by atoms with E-state index in [-0.39, 0.29) is 36.5 Å². The van der Waals surface area contributed by atoms with Crippen LogP contribution in [-0.2, 0) is 20.8 Å². The molecule has 196 valence electrons. The number of rotatable bonds is 6. The molecule has 0 aliphatic carbocycles. The number of carbonyl (C=O) groups is 2. The van der Waals surface area contributed by atoms with Crippen LogP contribution in [0, 0.1) is 5.82 Å². The molecule has 0 unspecified atom stereocenters. The molecule has 2 aromatic carbocycles. The van der Waals surface area contributed by atoms with E-state index in [0.29, 0.717) is 5.52 Å². The lowest BCUT2D eigenvalue weighted by atomic mass is 10.1. The van der Waals surface area contributed by atoms with Gasteiger partial charge in [0.2, 0.25) is 0 Å². The number of pyridine rings is 1. The van der Waals surface area contributed by atoms with Crippen molar-refractivity contribution in [2.45, 2.75) is 58.6 Å². The Balaban J connectivity index is 1.60. The molecule has 9 heteroatoms. The predicted molar refractivity (Wildman–Crippen MR) is 135 cm³/mol. The van der Waals surface area contributed by atoms with Gasteiger partial charge in [0.15, 0.2) is 0 Å². The first-order valence-corrected chi connectivity index (χ1v) is 12.0. The molecule has 0 radical (unpaired) electrons. The van der Waals surface area contributed by atoms with E-state index in [4.69, 9.17) is 18.9 Å². The van der Waals surface area contributed by atoms with Gasteiger partial charge in [-0.15, -0.1) is 0 Å². The average molecular weight is 511 g/mol. The third kappa shape index (κ3) is 6.17.